The van der Waals surface area contributed by atoms with Crippen LogP contribution >= 0.6 is 11.8 Å². The summed E-state index contributed by atoms with van der Waals surface area (Å²) in [6.45, 7) is 3.99. The molecule has 4 rings (SSSR count). The Balaban J connectivity index is 1.56. The number of hydrogen-bond acceptors (Lipinski definition) is 4. The van der Waals surface area contributed by atoms with Crippen LogP contribution in [0.5, 0.6) is 0 Å². The van der Waals surface area contributed by atoms with Crippen LogP contribution in [0.25, 0.3) is 21.7 Å². The van der Waals surface area contributed by atoms with Crippen LogP contribution in [0, 0.1) is 25.2 Å². The zero-order chi connectivity index (χ0) is 20.4. The minimum atomic E-state index is -0.121. The number of aryl methyl sites for hydroxylation is 2. The number of hydrogen-bond donors (Lipinski definition) is 1. The van der Waals surface area contributed by atoms with Gasteiger partial charge in [0.1, 0.15) is 11.1 Å². The molecule has 0 aliphatic rings. The molecule has 1 aromatic heterocycles. The summed E-state index contributed by atoms with van der Waals surface area (Å²) in [5, 5.41) is 16.1. The Labute approximate surface area is 173 Å². The number of aromatic nitrogens is 1. The number of anilines is 1. The lowest BCUT2D eigenvalue weighted by molar-refractivity contribution is -0.113. The Hall–Kier alpha value is -3.36. The van der Waals surface area contributed by atoms with Crippen molar-refractivity contribution in [2.24, 2.45) is 0 Å². The van der Waals surface area contributed by atoms with Crippen molar-refractivity contribution in [3.8, 4) is 6.07 Å². The minimum Gasteiger partial charge on any atom is -0.325 e. The van der Waals surface area contributed by atoms with Crippen molar-refractivity contribution in [2.75, 3.05) is 11.1 Å². The predicted molar refractivity (Wildman–Crippen MR) is 119 cm³/mol. The molecule has 1 N–H and O–H groups in total. The maximum Gasteiger partial charge on any atom is 0.234 e. The molecule has 1 amide bonds. The largest absolute Gasteiger partial charge is 0.325 e. The number of nitrogens with one attached hydrogen (secondary N) is 1. The average molecular weight is 398 g/mol. The van der Waals surface area contributed by atoms with Gasteiger partial charge >= 0.3 is 0 Å². The van der Waals surface area contributed by atoms with Gasteiger partial charge in [0.05, 0.1) is 22.5 Å². The molecule has 1 heterocycles. The van der Waals surface area contributed by atoms with E-state index >= 15 is 0 Å². The lowest BCUT2D eigenvalue weighted by atomic mass is 10.0. The molecule has 0 spiro atoms. The van der Waals surface area contributed by atoms with Crippen molar-refractivity contribution in [1.29, 1.82) is 5.26 Å². The summed E-state index contributed by atoms with van der Waals surface area (Å²) >= 11 is 1.28. The molecule has 0 aliphatic heterocycles. The molecule has 29 heavy (non-hydrogen) atoms. The molecule has 142 valence electrons. The van der Waals surface area contributed by atoms with E-state index in [0.717, 1.165) is 38.5 Å². The molecule has 0 bridgehead atoms. The van der Waals surface area contributed by atoms with Crippen LogP contribution in [0.15, 0.2) is 65.7 Å². The highest BCUT2D eigenvalue weighted by Crippen LogP contribution is 2.28. The second kappa shape index (κ2) is 7.94. The van der Waals surface area contributed by atoms with Crippen LogP contribution in [-0.2, 0) is 4.79 Å². The number of fused-ring (bicyclic) bond motifs is 2. The Morgan fingerprint density at radius 2 is 1.90 bits per heavy atom. The van der Waals surface area contributed by atoms with E-state index < -0.39 is 0 Å². The van der Waals surface area contributed by atoms with E-state index in [-0.39, 0.29) is 11.7 Å². The Kier molecular flexibility index (Phi) is 5.20. The first-order chi connectivity index (χ1) is 14.0. The normalized spacial score (nSPS) is 10.8. The summed E-state index contributed by atoms with van der Waals surface area (Å²) in [5.74, 6) is 0.0611. The second-order valence-electron chi connectivity index (χ2n) is 6.96. The van der Waals surface area contributed by atoms with E-state index in [1.807, 2.05) is 68.4 Å². The summed E-state index contributed by atoms with van der Waals surface area (Å²) in [6.07, 6.45) is 0. The van der Waals surface area contributed by atoms with Gasteiger partial charge in [-0.1, -0.05) is 59.8 Å². The summed E-state index contributed by atoms with van der Waals surface area (Å²) in [4.78, 5) is 17.2. The number of carbonyl (C=O) groups excluding carboxylic acids is 1. The van der Waals surface area contributed by atoms with E-state index in [9.17, 15) is 10.1 Å². The van der Waals surface area contributed by atoms with E-state index in [1.54, 1.807) is 0 Å². The molecule has 0 atom stereocenters. The molecule has 3 aromatic carbocycles. The summed E-state index contributed by atoms with van der Waals surface area (Å²) < 4.78 is 0. The third kappa shape index (κ3) is 3.94. The lowest BCUT2D eigenvalue weighted by Crippen LogP contribution is -2.15. The Morgan fingerprint density at radius 3 is 2.72 bits per heavy atom. The molecule has 5 heteroatoms. The molecule has 0 aliphatic carbocycles. The highest BCUT2D eigenvalue weighted by molar-refractivity contribution is 8.00. The van der Waals surface area contributed by atoms with Crippen LogP contribution in [0.2, 0.25) is 0 Å². The number of amides is 1. The molecule has 0 fully saturated rings. The Morgan fingerprint density at radius 1 is 1.07 bits per heavy atom. The van der Waals surface area contributed by atoms with E-state index in [1.165, 1.54) is 11.8 Å². The van der Waals surface area contributed by atoms with Gasteiger partial charge in [0.25, 0.3) is 0 Å². The fraction of sp³-hybridized carbons (Fsp3) is 0.125. The van der Waals surface area contributed by atoms with Crippen LogP contribution in [0.1, 0.15) is 16.7 Å². The number of nitrogens with zero attached hydrogens (tertiary/aromatic N) is 2. The zero-order valence-corrected chi connectivity index (χ0v) is 17.0. The quantitative estimate of drug-likeness (QED) is 0.455. The fourth-order valence-corrected chi connectivity index (χ4v) is 4.09. The molecular formula is C24H19N3OS. The van der Waals surface area contributed by atoms with Crippen LogP contribution in [-0.4, -0.2) is 16.6 Å². The first kappa shape index (κ1) is 19.0. The summed E-state index contributed by atoms with van der Waals surface area (Å²) in [5.41, 5.74) is 4.27. The highest BCUT2D eigenvalue weighted by atomic mass is 32.2. The molecule has 4 nitrogen and oxygen atoms in total. The topological polar surface area (TPSA) is 65.8 Å². The highest BCUT2D eigenvalue weighted by Gasteiger charge is 2.13. The maximum absolute atomic E-state index is 12.6. The van der Waals surface area contributed by atoms with Crippen LogP contribution < -0.4 is 5.32 Å². The van der Waals surface area contributed by atoms with Crippen molar-refractivity contribution in [3.05, 3.63) is 77.4 Å². The third-order valence-electron chi connectivity index (χ3n) is 4.80. The van der Waals surface area contributed by atoms with Gasteiger partial charge < -0.3 is 5.32 Å². The molecule has 0 saturated heterocycles. The van der Waals surface area contributed by atoms with Gasteiger partial charge in [0.15, 0.2) is 0 Å². The maximum atomic E-state index is 12.6. The van der Waals surface area contributed by atoms with Gasteiger partial charge in [0, 0.05) is 10.8 Å². The summed E-state index contributed by atoms with van der Waals surface area (Å²) in [7, 11) is 0. The van der Waals surface area contributed by atoms with Crippen LogP contribution in [0.3, 0.4) is 0 Å². The van der Waals surface area contributed by atoms with E-state index in [4.69, 9.17) is 0 Å². The molecule has 0 radical (unpaired) electrons. The Bertz CT molecular complexity index is 1290. The van der Waals surface area contributed by atoms with Crippen LogP contribution in [0.4, 0.5) is 5.69 Å². The molecular weight excluding hydrogens is 378 g/mol. The van der Waals surface area contributed by atoms with Gasteiger partial charge in [-0.05, 0) is 43.0 Å². The molecule has 0 saturated carbocycles. The average Bonchev–Trinajstić information content (AvgIpc) is 2.73. The number of benzene rings is 3. The van der Waals surface area contributed by atoms with Gasteiger partial charge in [0.2, 0.25) is 5.91 Å². The van der Waals surface area contributed by atoms with Gasteiger partial charge in [-0.2, -0.15) is 5.26 Å². The second-order valence-corrected chi connectivity index (χ2v) is 7.93. The number of carbonyl (C=O) groups is 1. The van der Waals surface area contributed by atoms with E-state index in [2.05, 4.69) is 22.4 Å². The van der Waals surface area contributed by atoms with Gasteiger partial charge in [-0.3, -0.25) is 4.79 Å². The summed E-state index contributed by atoms with van der Waals surface area (Å²) in [6, 6.07) is 22.0. The third-order valence-corrected chi connectivity index (χ3v) is 5.79. The molecule has 4 aromatic rings. The van der Waals surface area contributed by atoms with Crippen molar-refractivity contribution in [3.63, 3.8) is 0 Å². The first-order valence-electron chi connectivity index (χ1n) is 9.27. The van der Waals surface area contributed by atoms with Crippen molar-refractivity contribution < 1.29 is 4.79 Å². The minimum absolute atomic E-state index is 0.121. The van der Waals surface area contributed by atoms with E-state index in [0.29, 0.717) is 10.6 Å². The monoisotopic (exact) mass is 397 g/mol. The van der Waals surface area contributed by atoms with Gasteiger partial charge in [-0.25, -0.2) is 4.98 Å². The number of rotatable bonds is 4. The standard InChI is InChI=1S/C24H19N3OS/c1-15-7-10-21-18(11-15)12-19(13-25)24(26-21)29-14-22(28)27-23-16(2)8-9-17-5-3-4-6-20(17)23/h3-12H,14H2,1-2H3,(H,27,28). The zero-order valence-electron chi connectivity index (χ0n) is 16.2. The lowest BCUT2D eigenvalue weighted by Gasteiger charge is -2.12. The van der Waals surface area contributed by atoms with Crippen molar-refractivity contribution in [2.45, 2.75) is 18.9 Å². The van der Waals surface area contributed by atoms with Crippen molar-refractivity contribution >= 4 is 45.0 Å². The predicted octanol–water partition coefficient (Wildman–Crippen LogP) is 5.61. The number of nitriles is 1. The smallest absolute Gasteiger partial charge is 0.234 e. The van der Waals surface area contributed by atoms with Gasteiger partial charge in [-0.15, -0.1) is 0 Å². The number of pyridine rings is 1. The first-order valence-corrected chi connectivity index (χ1v) is 10.3. The SMILES string of the molecule is Cc1ccc2nc(SCC(=O)Nc3c(C)ccc4ccccc34)c(C#N)cc2c1. The molecule has 0 unspecified atom stereocenters. The fourth-order valence-electron chi connectivity index (χ4n) is 3.32. The number of thioether (sulfide) groups is 1. The van der Waals surface area contributed by atoms with Crippen molar-refractivity contribution in [1.82, 2.24) is 4.98 Å².